The molecule has 12 heteroatoms. The number of hydrogen-bond donors (Lipinski definition) is 2. The molecule has 0 saturated heterocycles. The second-order valence-corrected chi connectivity index (χ2v) is 10.4. The van der Waals surface area contributed by atoms with Crippen LogP contribution in [0.4, 0.5) is 0 Å². The minimum atomic E-state index is -0.507. The maximum absolute atomic E-state index is 13.5. The van der Waals surface area contributed by atoms with Crippen LogP contribution in [0.3, 0.4) is 0 Å². The van der Waals surface area contributed by atoms with E-state index in [0.29, 0.717) is 35.3 Å². The molecule has 4 aromatic rings. The van der Waals surface area contributed by atoms with E-state index in [-0.39, 0.29) is 43.8 Å². The average molecular weight is 572 g/mol. The van der Waals surface area contributed by atoms with Gasteiger partial charge in [-0.1, -0.05) is 55.4 Å². The molecule has 2 bridgehead atoms. The molecule has 1 atom stereocenters. The van der Waals surface area contributed by atoms with Crippen molar-refractivity contribution in [1.82, 2.24) is 35.5 Å². The van der Waals surface area contributed by atoms with Crippen LogP contribution in [0.15, 0.2) is 65.2 Å². The monoisotopic (exact) mass is 571 g/mol. The van der Waals surface area contributed by atoms with Crippen LogP contribution in [-0.2, 0) is 11.3 Å². The Bertz CT molecular complexity index is 1560. The molecule has 0 spiro atoms. The van der Waals surface area contributed by atoms with Gasteiger partial charge in [0.25, 0.3) is 11.8 Å². The largest absolute Gasteiger partial charge is 0.492 e. The van der Waals surface area contributed by atoms with Gasteiger partial charge in [-0.3, -0.25) is 14.4 Å². The molecule has 0 saturated carbocycles. The van der Waals surface area contributed by atoms with E-state index in [1.165, 1.54) is 11.0 Å². The minimum absolute atomic E-state index is 0.0539. The highest BCUT2D eigenvalue weighted by Crippen LogP contribution is 2.24. The number of nitrogens with zero attached hydrogens (tertiary/aromatic N) is 5. The second kappa shape index (κ2) is 12.7. The molecule has 218 valence electrons. The SMILES string of the molecule is Cc1cc(C(=O)N2CCNC(=O)c3cccc(c3)OCCn3nc(-c4ccccc4)nc3[C@H](C(C)C)NC(=O)C2)no1. The Morgan fingerprint density at radius 3 is 2.55 bits per heavy atom. The van der Waals surface area contributed by atoms with Gasteiger partial charge in [0.05, 0.1) is 19.1 Å². The van der Waals surface area contributed by atoms with E-state index in [4.69, 9.17) is 19.3 Å². The molecule has 1 aliphatic heterocycles. The minimum Gasteiger partial charge on any atom is -0.492 e. The van der Waals surface area contributed by atoms with Crippen molar-refractivity contribution in [3.8, 4) is 17.1 Å². The summed E-state index contributed by atoms with van der Waals surface area (Å²) in [5.74, 6) is 0.835. The van der Waals surface area contributed by atoms with Gasteiger partial charge in [0.1, 0.15) is 18.1 Å². The first-order chi connectivity index (χ1) is 20.3. The first-order valence-corrected chi connectivity index (χ1v) is 13.8. The fraction of sp³-hybridized carbons (Fsp3) is 0.333. The summed E-state index contributed by atoms with van der Waals surface area (Å²) < 4.78 is 12.8. The van der Waals surface area contributed by atoms with Crippen LogP contribution < -0.4 is 15.4 Å². The maximum atomic E-state index is 13.5. The maximum Gasteiger partial charge on any atom is 0.276 e. The fourth-order valence-corrected chi connectivity index (χ4v) is 4.65. The Balaban J connectivity index is 1.50. The van der Waals surface area contributed by atoms with Gasteiger partial charge in [-0.05, 0) is 31.0 Å². The van der Waals surface area contributed by atoms with Crippen LogP contribution >= 0.6 is 0 Å². The molecule has 3 heterocycles. The lowest BCUT2D eigenvalue weighted by atomic mass is 10.0. The molecule has 0 fully saturated rings. The number of rotatable bonds is 3. The Morgan fingerprint density at radius 2 is 1.81 bits per heavy atom. The zero-order valence-electron chi connectivity index (χ0n) is 23.7. The van der Waals surface area contributed by atoms with Crippen molar-refractivity contribution in [1.29, 1.82) is 0 Å². The normalized spacial score (nSPS) is 16.7. The first kappa shape index (κ1) is 28.5. The standard InChI is InChI=1S/C30H33N7O5/c1-19(2)26-28-33-27(21-8-5-4-6-9-21)34-37(28)14-15-41-23-11-7-10-22(17-23)29(39)31-12-13-36(18-25(38)32-26)30(40)24-16-20(3)42-35-24/h4-11,16-17,19,26H,12-15,18H2,1-3H3,(H,31,39)(H,32,38)/t26-/m0/s1. The first-order valence-electron chi connectivity index (χ1n) is 13.8. The van der Waals surface area contributed by atoms with E-state index >= 15 is 0 Å². The van der Waals surface area contributed by atoms with Gasteiger partial charge in [0, 0.05) is 30.3 Å². The lowest BCUT2D eigenvalue weighted by molar-refractivity contribution is -0.123. The van der Waals surface area contributed by atoms with E-state index in [9.17, 15) is 14.4 Å². The van der Waals surface area contributed by atoms with E-state index in [0.717, 1.165) is 5.56 Å². The average Bonchev–Trinajstić information content (AvgIpc) is 3.61. The van der Waals surface area contributed by atoms with Gasteiger partial charge >= 0.3 is 0 Å². The Labute approximate surface area is 243 Å². The highest BCUT2D eigenvalue weighted by Gasteiger charge is 2.28. The summed E-state index contributed by atoms with van der Waals surface area (Å²) in [6.07, 6.45) is 0. The second-order valence-electron chi connectivity index (χ2n) is 10.4. The third-order valence-corrected chi connectivity index (χ3v) is 6.80. The number of aryl methyl sites for hydroxylation is 1. The zero-order valence-corrected chi connectivity index (χ0v) is 23.7. The number of nitrogens with one attached hydrogen (secondary N) is 2. The van der Waals surface area contributed by atoms with Crippen molar-refractivity contribution in [2.45, 2.75) is 33.4 Å². The van der Waals surface area contributed by atoms with E-state index in [1.54, 1.807) is 35.9 Å². The Hall–Kier alpha value is -5.00. The van der Waals surface area contributed by atoms with E-state index < -0.39 is 17.9 Å². The van der Waals surface area contributed by atoms with Crippen molar-refractivity contribution in [2.24, 2.45) is 5.92 Å². The van der Waals surface area contributed by atoms with Gasteiger partial charge in [-0.15, -0.1) is 0 Å². The van der Waals surface area contributed by atoms with Crippen molar-refractivity contribution in [3.63, 3.8) is 0 Å². The summed E-state index contributed by atoms with van der Waals surface area (Å²) in [6.45, 7) is 6.17. The molecule has 2 N–H and O–H groups in total. The lowest BCUT2D eigenvalue weighted by Crippen LogP contribution is -2.46. The van der Waals surface area contributed by atoms with Gasteiger partial charge < -0.3 is 24.8 Å². The number of carbonyl (C=O) groups excluding carboxylic acids is 3. The molecule has 42 heavy (non-hydrogen) atoms. The van der Waals surface area contributed by atoms with Crippen LogP contribution in [0.2, 0.25) is 0 Å². The molecule has 2 aromatic carbocycles. The molecular weight excluding hydrogens is 538 g/mol. The summed E-state index contributed by atoms with van der Waals surface area (Å²) in [7, 11) is 0. The van der Waals surface area contributed by atoms with Gasteiger partial charge in [0.2, 0.25) is 5.91 Å². The summed E-state index contributed by atoms with van der Waals surface area (Å²) in [4.78, 5) is 45.8. The molecule has 2 aromatic heterocycles. The summed E-state index contributed by atoms with van der Waals surface area (Å²) in [5, 5.41) is 14.4. The molecule has 12 nitrogen and oxygen atoms in total. The highest BCUT2D eigenvalue weighted by atomic mass is 16.5. The molecule has 0 aliphatic carbocycles. The van der Waals surface area contributed by atoms with Crippen molar-refractivity contribution < 1.29 is 23.6 Å². The molecule has 0 radical (unpaired) electrons. The highest BCUT2D eigenvalue weighted by molar-refractivity contribution is 5.96. The van der Waals surface area contributed by atoms with Crippen molar-refractivity contribution in [2.75, 3.05) is 26.2 Å². The summed E-state index contributed by atoms with van der Waals surface area (Å²) in [6, 6.07) is 17.5. The number of ether oxygens (including phenoxy) is 1. The van der Waals surface area contributed by atoms with Gasteiger partial charge in [-0.2, -0.15) is 5.10 Å². The number of amides is 3. The third-order valence-electron chi connectivity index (χ3n) is 6.80. The molecule has 0 unspecified atom stereocenters. The molecular formula is C30H33N7O5. The Kier molecular flexibility index (Phi) is 8.60. The van der Waals surface area contributed by atoms with Gasteiger partial charge in [-0.25, -0.2) is 9.67 Å². The predicted molar refractivity (Wildman–Crippen MR) is 153 cm³/mol. The summed E-state index contributed by atoms with van der Waals surface area (Å²) in [5.41, 5.74) is 1.33. The zero-order chi connectivity index (χ0) is 29.6. The fourth-order valence-electron chi connectivity index (χ4n) is 4.65. The van der Waals surface area contributed by atoms with Crippen LogP contribution in [0.1, 0.15) is 52.3 Å². The van der Waals surface area contributed by atoms with Crippen LogP contribution in [-0.4, -0.2) is 68.8 Å². The van der Waals surface area contributed by atoms with Crippen molar-refractivity contribution in [3.05, 3.63) is 83.5 Å². The number of benzene rings is 2. The number of fused-ring (bicyclic) bond motifs is 3. The Morgan fingerprint density at radius 1 is 1.02 bits per heavy atom. The molecule has 5 rings (SSSR count). The van der Waals surface area contributed by atoms with Crippen LogP contribution in [0.25, 0.3) is 11.4 Å². The number of aromatic nitrogens is 4. The smallest absolute Gasteiger partial charge is 0.276 e. The van der Waals surface area contributed by atoms with Crippen LogP contribution in [0, 0.1) is 12.8 Å². The van der Waals surface area contributed by atoms with E-state index in [1.807, 2.05) is 44.2 Å². The van der Waals surface area contributed by atoms with Crippen LogP contribution in [0.5, 0.6) is 5.75 Å². The van der Waals surface area contributed by atoms with E-state index in [2.05, 4.69) is 15.8 Å². The van der Waals surface area contributed by atoms with Crippen molar-refractivity contribution >= 4 is 17.7 Å². The topological polar surface area (TPSA) is 144 Å². The number of hydrogen-bond acceptors (Lipinski definition) is 8. The molecule has 3 amide bonds. The van der Waals surface area contributed by atoms with Gasteiger partial charge in [0.15, 0.2) is 17.3 Å². The number of carbonyl (C=O) groups is 3. The third kappa shape index (κ3) is 6.65. The summed E-state index contributed by atoms with van der Waals surface area (Å²) >= 11 is 0. The quantitative estimate of drug-likeness (QED) is 0.382. The predicted octanol–water partition coefficient (Wildman–Crippen LogP) is 3.02. The molecule has 1 aliphatic rings. The lowest BCUT2D eigenvalue weighted by Gasteiger charge is -2.25.